The fourth-order valence-corrected chi connectivity index (χ4v) is 1.16. The summed E-state index contributed by atoms with van der Waals surface area (Å²) in [5.41, 5.74) is 5.85. The quantitative estimate of drug-likeness (QED) is 0.648. The average molecular weight is 210 g/mol. The molecule has 0 aromatic heterocycles. The second-order valence-electron chi connectivity index (χ2n) is 3.99. The van der Waals surface area contributed by atoms with Crippen LogP contribution in [0.2, 0.25) is 0 Å². The van der Waals surface area contributed by atoms with Crippen LogP contribution in [0, 0.1) is 5.92 Å². The van der Waals surface area contributed by atoms with Crippen LogP contribution in [-0.4, -0.2) is 29.9 Å². The number of hydrogen-bond donors (Lipinski definition) is 1. The Bertz CT molecular complexity index is 214. The molecule has 1 atom stereocenters. The molecule has 0 aliphatic carbocycles. The van der Waals surface area contributed by atoms with Crippen molar-refractivity contribution in [3.05, 3.63) is 25.3 Å². The summed E-state index contributed by atoms with van der Waals surface area (Å²) in [5, 5.41) is 0. The summed E-state index contributed by atoms with van der Waals surface area (Å²) in [6, 6.07) is -0.0744. The number of amides is 1. The lowest BCUT2D eigenvalue weighted by Gasteiger charge is -2.22. The SMILES string of the molecule is C=CCN(CC=C)C(=O)CC(N)C(C)C. The van der Waals surface area contributed by atoms with E-state index in [-0.39, 0.29) is 11.9 Å². The number of nitrogens with zero attached hydrogens (tertiary/aromatic N) is 1. The van der Waals surface area contributed by atoms with Crippen molar-refractivity contribution in [2.75, 3.05) is 13.1 Å². The van der Waals surface area contributed by atoms with Crippen molar-refractivity contribution in [1.29, 1.82) is 0 Å². The topological polar surface area (TPSA) is 46.3 Å². The first-order chi connectivity index (χ1) is 7.02. The van der Waals surface area contributed by atoms with Gasteiger partial charge in [0.15, 0.2) is 0 Å². The predicted molar refractivity (Wildman–Crippen MR) is 64.4 cm³/mol. The molecule has 0 rings (SSSR count). The zero-order valence-corrected chi connectivity index (χ0v) is 9.78. The van der Waals surface area contributed by atoms with Crippen molar-refractivity contribution >= 4 is 5.91 Å². The van der Waals surface area contributed by atoms with Gasteiger partial charge >= 0.3 is 0 Å². The Labute approximate surface area is 92.6 Å². The van der Waals surface area contributed by atoms with Crippen LogP contribution in [0.15, 0.2) is 25.3 Å². The molecule has 0 saturated heterocycles. The van der Waals surface area contributed by atoms with E-state index >= 15 is 0 Å². The van der Waals surface area contributed by atoms with E-state index in [0.29, 0.717) is 25.4 Å². The standard InChI is InChI=1S/C12H22N2O/c1-5-7-14(8-6-2)12(15)9-11(13)10(3)4/h5-6,10-11H,1-2,7-9,13H2,3-4H3. The van der Waals surface area contributed by atoms with Gasteiger partial charge < -0.3 is 10.6 Å². The van der Waals surface area contributed by atoms with Gasteiger partial charge in [-0.05, 0) is 5.92 Å². The van der Waals surface area contributed by atoms with E-state index in [1.54, 1.807) is 17.1 Å². The van der Waals surface area contributed by atoms with Gasteiger partial charge in [-0.3, -0.25) is 4.79 Å². The van der Waals surface area contributed by atoms with Gasteiger partial charge in [0.1, 0.15) is 0 Å². The molecular formula is C12H22N2O. The first kappa shape index (κ1) is 13.9. The van der Waals surface area contributed by atoms with Crippen molar-refractivity contribution in [3.8, 4) is 0 Å². The van der Waals surface area contributed by atoms with Gasteiger partial charge in [-0.15, -0.1) is 13.2 Å². The maximum Gasteiger partial charge on any atom is 0.224 e. The van der Waals surface area contributed by atoms with Gasteiger partial charge in [0.25, 0.3) is 0 Å². The van der Waals surface area contributed by atoms with Crippen LogP contribution in [0.5, 0.6) is 0 Å². The van der Waals surface area contributed by atoms with Crippen LogP contribution < -0.4 is 5.73 Å². The van der Waals surface area contributed by atoms with E-state index in [1.807, 2.05) is 13.8 Å². The normalized spacial score (nSPS) is 12.3. The minimum Gasteiger partial charge on any atom is -0.335 e. The first-order valence-electron chi connectivity index (χ1n) is 5.28. The van der Waals surface area contributed by atoms with Crippen molar-refractivity contribution in [2.24, 2.45) is 11.7 Å². The molecule has 0 aromatic rings. The monoisotopic (exact) mass is 210 g/mol. The van der Waals surface area contributed by atoms with Crippen LogP contribution >= 0.6 is 0 Å². The molecule has 0 aromatic carbocycles. The molecule has 3 nitrogen and oxygen atoms in total. The second kappa shape index (κ2) is 7.23. The summed E-state index contributed by atoms with van der Waals surface area (Å²) in [4.78, 5) is 13.5. The van der Waals surface area contributed by atoms with Crippen molar-refractivity contribution in [3.63, 3.8) is 0 Å². The average Bonchev–Trinajstić information content (AvgIpc) is 2.17. The number of hydrogen-bond acceptors (Lipinski definition) is 2. The number of rotatable bonds is 7. The maximum absolute atomic E-state index is 11.8. The van der Waals surface area contributed by atoms with Crippen LogP contribution in [0.3, 0.4) is 0 Å². The van der Waals surface area contributed by atoms with Crippen molar-refractivity contribution in [2.45, 2.75) is 26.3 Å². The third-order valence-corrected chi connectivity index (χ3v) is 2.32. The molecule has 15 heavy (non-hydrogen) atoms. The lowest BCUT2D eigenvalue weighted by Crippen LogP contribution is -2.38. The third-order valence-electron chi connectivity index (χ3n) is 2.32. The molecule has 1 amide bonds. The second-order valence-corrected chi connectivity index (χ2v) is 3.99. The van der Waals surface area contributed by atoms with Gasteiger partial charge in [-0.25, -0.2) is 0 Å². The molecule has 1 unspecified atom stereocenters. The van der Waals surface area contributed by atoms with Crippen molar-refractivity contribution < 1.29 is 4.79 Å². The molecule has 0 radical (unpaired) electrons. The highest BCUT2D eigenvalue weighted by Gasteiger charge is 2.16. The molecule has 0 fully saturated rings. The van der Waals surface area contributed by atoms with Crippen molar-refractivity contribution in [1.82, 2.24) is 4.90 Å². The first-order valence-corrected chi connectivity index (χ1v) is 5.28. The van der Waals surface area contributed by atoms with E-state index in [2.05, 4.69) is 13.2 Å². The van der Waals surface area contributed by atoms with Gasteiger partial charge in [0.2, 0.25) is 5.91 Å². The predicted octanol–water partition coefficient (Wildman–Crippen LogP) is 1.56. The summed E-state index contributed by atoms with van der Waals surface area (Å²) in [5.74, 6) is 0.388. The van der Waals surface area contributed by atoms with E-state index in [1.165, 1.54) is 0 Å². The summed E-state index contributed by atoms with van der Waals surface area (Å²) >= 11 is 0. The Morgan fingerprint density at radius 2 is 1.80 bits per heavy atom. The van der Waals surface area contributed by atoms with Gasteiger partial charge in [-0.2, -0.15) is 0 Å². The molecule has 0 bridgehead atoms. The largest absolute Gasteiger partial charge is 0.335 e. The van der Waals surface area contributed by atoms with Crippen LogP contribution in [0.4, 0.5) is 0 Å². The maximum atomic E-state index is 11.8. The lowest BCUT2D eigenvalue weighted by atomic mass is 10.0. The number of carbonyl (C=O) groups is 1. The minimum atomic E-state index is -0.0744. The minimum absolute atomic E-state index is 0.0657. The van der Waals surface area contributed by atoms with Crippen LogP contribution in [0.1, 0.15) is 20.3 Å². The van der Waals surface area contributed by atoms with E-state index in [4.69, 9.17) is 5.73 Å². The summed E-state index contributed by atoms with van der Waals surface area (Å²) in [6.07, 6.45) is 3.81. The van der Waals surface area contributed by atoms with Gasteiger partial charge in [0, 0.05) is 25.6 Å². The Kier molecular flexibility index (Phi) is 6.71. The van der Waals surface area contributed by atoms with Crippen LogP contribution in [-0.2, 0) is 4.79 Å². The Hall–Kier alpha value is -1.09. The van der Waals surface area contributed by atoms with E-state index in [0.717, 1.165) is 0 Å². The van der Waals surface area contributed by atoms with Gasteiger partial charge in [0.05, 0.1) is 0 Å². The molecule has 0 spiro atoms. The molecule has 0 aliphatic rings. The Morgan fingerprint density at radius 1 is 1.33 bits per heavy atom. The fraction of sp³-hybridized carbons (Fsp3) is 0.583. The lowest BCUT2D eigenvalue weighted by molar-refractivity contribution is -0.130. The summed E-state index contributed by atoms with van der Waals surface area (Å²) in [7, 11) is 0. The Morgan fingerprint density at radius 3 is 2.13 bits per heavy atom. The fourth-order valence-electron chi connectivity index (χ4n) is 1.16. The molecule has 86 valence electrons. The van der Waals surface area contributed by atoms with E-state index < -0.39 is 0 Å². The zero-order valence-electron chi connectivity index (χ0n) is 9.78. The highest BCUT2D eigenvalue weighted by Crippen LogP contribution is 2.05. The van der Waals surface area contributed by atoms with Crippen LogP contribution in [0.25, 0.3) is 0 Å². The van der Waals surface area contributed by atoms with Gasteiger partial charge in [-0.1, -0.05) is 26.0 Å². The third kappa shape index (κ3) is 5.37. The number of carbonyl (C=O) groups excluding carboxylic acids is 1. The highest BCUT2D eigenvalue weighted by atomic mass is 16.2. The molecule has 0 heterocycles. The highest BCUT2D eigenvalue weighted by molar-refractivity contribution is 5.77. The zero-order chi connectivity index (χ0) is 11.8. The molecule has 2 N–H and O–H groups in total. The smallest absolute Gasteiger partial charge is 0.224 e. The number of nitrogens with two attached hydrogens (primary N) is 1. The molecule has 0 saturated carbocycles. The summed E-state index contributed by atoms with van der Waals surface area (Å²) < 4.78 is 0. The molecule has 3 heteroatoms. The summed E-state index contributed by atoms with van der Waals surface area (Å²) in [6.45, 7) is 12.4. The molecular weight excluding hydrogens is 188 g/mol. The van der Waals surface area contributed by atoms with E-state index in [9.17, 15) is 4.79 Å². The Balaban J connectivity index is 4.23. The molecule has 0 aliphatic heterocycles.